The van der Waals surface area contributed by atoms with E-state index in [9.17, 15) is 4.39 Å². The molecule has 0 saturated carbocycles. The zero-order valence-corrected chi connectivity index (χ0v) is 16.8. The molecular formula is C17H24FIN4O. The van der Waals surface area contributed by atoms with Crippen molar-refractivity contribution in [2.24, 2.45) is 4.99 Å². The number of nitrogens with zero attached hydrogens (tertiary/aromatic N) is 2. The maximum atomic E-state index is 13.3. The van der Waals surface area contributed by atoms with Gasteiger partial charge in [0.1, 0.15) is 11.6 Å². The van der Waals surface area contributed by atoms with E-state index in [1.54, 1.807) is 20.0 Å². The molecule has 0 atom stereocenters. The molecule has 1 heterocycles. The normalized spacial score (nSPS) is 11.1. The van der Waals surface area contributed by atoms with Crippen LogP contribution in [0.15, 0.2) is 27.7 Å². The highest BCUT2D eigenvalue weighted by molar-refractivity contribution is 14.0. The molecule has 0 aliphatic heterocycles. The number of hydrogen-bond donors (Lipinski definition) is 2. The largest absolute Gasteiger partial charge is 0.361 e. The van der Waals surface area contributed by atoms with E-state index < -0.39 is 0 Å². The van der Waals surface area contributed by atoms with Gasteiger partial charge in [0, 0.05) is 25.7 Å². The predicted octanol–water partition coefficient (Wildman–Crippen LogP) is 3.26. The second kappa shape index (κ2) is 9.61. The second-order valence-corrected chi connectivity index (χ2v) is 5.49. The number of aromatic nitrogens is 1. The van der Waals surface area contributed by atoms with Crippen LogP contribution >= 0.6 is 24.0 Å². The Morgan fingerprint density at radius 3 is 2.58 bits per heavy atom. The molecule has 0 radical (unpaired) electrons. The first-order valence-electron chi connectivity index (χ1n) is 7.62. The molecule has 132 valence electrons. The van der Waals surface area contributed by atoms with E-state index in [0.29, 0.717) is 18.1 Å². The van der Waals surface area contributed by atoms with Gasteiger partial charge in [-0.05, 0) is 44.4 Å². The van der Waals surface area contributed by atoms with E-state index >= 15 is 0 Å². The standard InChI is InChI=1S/C17H23FN4O.HI/c1-11-9-14(5-6-16(11)18)10-21-17(19-4)20-8-7-15-12(2)22-23-13(15)3;/h5-6,9H,7-8,10H2,1-4H3,(H2,19,20,21);1H. The fraction of sp³-hybridized carbons (Fsp3) is 0.412. The molecule has 0 fully saturated rings. The highest BCUT2D eigenvalue weighted by Gasteiger charge is 2.08. The lowest BCUT2D eigenvalue weighted by atomic mass is 10.1. The summed E-state index contributed by atoms with van der Waals surface area (Å²) in [5, 5.41) is 10.4. The first-order chi connectivity index (χ1) is 11.0. The maximum absolute atomic E-state index is 13.3. The molecule has 0 aliphatic carbocycles. The molecule has 1 aromatic carbocycles. The fourth-order valence-electron chi connectivity index (χ4n) is 2.39. The van der Waals surface area contributed by atoms with Crippen molar-refractivity contribution in [2.45, 2.75) is 33.7 Å². The Bertz CT molecular complexity index is 680. The SMILES string of the molecule is CN=C(NCCc1c(C)noc1C)NCc1ccc(F)c(C)c1.I. The summed E-state index contributed by atoms with van der Waals surface area (Å²) in [6, 6.07) is 5.09. The molecule has 0 bridgehead atoms. The van der Waals surface area contributed by atoms with E-state index in [1.807, 2.05) is 19.9 Å². The van der Waals surface area contributed by atoms with Crippen molar-refractivity contribution in [1.29, 1.82) is 0 Å². The van der Waals surface area contributed by atoms with Gasteiger partial charge in [-0.3, -0.25) is 4.99 Å². The monoisotopic (exact) mass is 446 g/mol. The molecule has 0 aliphatic rings. The lowest BCUT2D eigenvalue weighted by Gasteiger charge is -2.12. The van der Waals surface area contributed by atoms with Crippen LogP contribution in [0.1, 0.15) is 28.1 Å². The van der Waals surface area contributed by atoms with E-state index in [2.05, 4.69) is 20.8 Å². The number of halogens is 2. The first-order valence-corrected chi connectivity index (χ1v) is 7.62. The van der Waals surface area contributed by atoms with Gasteiger partial charge in [-0.25, -0.2) is 4.39 Å². The third-order valence-electron chi connectivity index (χ3n) is 3.75. The number of nitrogens with one attached hydrogen (secondary N) is 2. The maximum Gasteiger partial charge on any atom is 0.191 e. The third-order valence-corrected chi connectivity index (χ3v) is 3.75. The lowest BCUT2D eigenvalue weighted by molar-refractivity contribution is 0.392. The Morgan fingerprint density at radius 2 is 2.00 bits per heavy atom. The molecule has 0 spiro atoms. The minimum atomic E-state index is -0.185. The van der Waals surface area contributed by atoms with E-state index in [4.69, 9.17) is 4.52 Å². The van der Waals surface area contributed by atoms with Crippen LogP contribution in [0.3, 0.4) is 0 Å². The Kier molecular flexibility index (Phi) is 8.17. The Morgan fingerprint density at radius 1 is 1.25 bits per heavy atom. The number of aliphatic imine (C=N–C) groups is 1. The Balaban J connectivity index is 0.00000288. The fourth-order valence-corrected chi connectivity index (χ4v) is 2.39. The molecule has 1 aromatic heterocycles. The van der Waals surface area contributed by atoms with Crippen LogP contribution in [-0.2, 0) is 13.0 Å². The van der Waals surface area contributed by atoms with Gasteiger partial charge >= 0.3 is 0 Å². The zero-order valence-electron chi connectivity index (χ0n) is 14.4. The molecule has 7 heteroatoms. The van der Waals surface area contributed by atoms with Gasteiger partial charge in [0.2, 0.25) is 0 Å². The summed E-state index contributed by atoms with van der Waals surface area (Å²) in [7, 11) is 1.72. The molecule has 0 unspecified atom stereocenters. The first kappa shape index (κ1) is 20.4. The lowest BCUT2D eigenvalue weighted by Crippen LogP contribution is -2.37. The second-order valence-electron chi connectivity index (χ2n) is 5.49. The van der Waals surface area contributed by atoms with E-state index in [0.717, 1.165) is 35.5 Å². The van der Waals surface area contributed by atoms with Crippen LogP contribution in [0, 0.1) is 26.6 Å². The summed E-state index contributed by atoms with van der Waals surface area (Å²) in [5.41, 5.74) is 3.71. The predicted molar refractivity (Wildman–Crippen MR) is 104 cm³/mol. The van der Waals surface area contributed by atoms with Crippen LogP contribution in [0.2, 0.25) is 0 Å². The van der Waals surface area contributed by atoms with Gasteiger partial charge in [0.15, 0.2) is 5.96 Å². The molecule has 5 nitrogen and oxygen atoms in total. The highest BCUT2D eigenvalue weighted by Crippen LogP contribution is 2.12. The number of aryl methyl sites for hydroxylation is 3. The van der Waals surface area contributed by atoms with Crippen molar-refractivity contribution in [2.75, 3.05) is 13.6 Å². The molecule has 24 heavy (non-hydrogen) atoms. The highest BCUT2D eigenvalue weighted by atomic mass is 127. The third kappa shape index (κ3) is 5.47. The van der Waals surface area contributed by atoms with Crippen molar-refractivity contribution in [1.82, 2.24) is 15.8 Å². The Labute approximate surface area is 159 Å². The summed E-state index contributed by atoms with van der Waals surface area (Å²) in [6.07, 6.45) is 0.817. The van der Waals surface area contributed by atoms with Crippen LogP contribution in [0.25, 0.3) is 0 Å². The average Bonchev–Trinajstić information content (AvgIpc) is 2.85. The van der Waals surface area contributed by atoms with Crippen LogP contribution in [0.4, 0.5) is 4.39 Å². The number of rotatable bonds is 5. The van der Waals surface area contributed by atoms with Crippen LogP contribution in [-0.4, -0.2) is 24.7 Å². The van der Waals surface area contributed by atoms with Crippen molar-refractivity contribution in [3.8, 4) is 0 Å². The zero-order chi connectivity index (χ0) is 16.8. The van der Waals surface area contributed by atoms with Gasteiger partial charge in [-0.15, -0.1) is 24.0 Å². The quantitative estimate of drug-likeness (QED) is 0.421. The van der Waals surface area contributed by atoms with Gasteiger partial charge in [-0.2, -0.15) is 0 Å². The summed E-state index contributed by atoms with van der Waals surface area (Å²) in [5.74, 6) is 1.38. The average molecular weight is 446 g/mol. The molecular weight excluding hydrogens is 422 g/mol. The van der Waals surface area contributed by atoms with Gasteiger partial charge in [0.25, 0.3) is 0 Å². The van der Waals surface area contributed by atoms with Crippen LogP contribution in [0.5, 0.6) is 0 Å². The van der Waals surface area contributed by atoms with E-state index in [1.165, 1.54) is 6.07 Å². The van der Waals surface area contributed by atoms with E-state index in [-0.39, 0.29) is 29.8 Å². The number of guanidine groups is 1. The summed E-state index contributed by atoms with van der Waals surface area (Å²) in [4.78, 5) is 4.19. The van der Waals surface area contributed by atoms with Crippen molar-refractivity contribution < 1.29 is 8.91 Å². The smallest absolute Gasteiger partial charge is 0.191 e. The molecule has 0 saturated heterocycles. The number of hydrogen-bond acceptors (Lipinski definition) is 3. The minimum Gasteiger partial charge on any atom is -0.361 e. The molecule has 2 aromatic rings. The van der Waals surface area contributed by atoms with Gasteiger partial charge < -0.3 is 15.2 Å². The van der Waals surface area contributed by atoms with Crippen molar-refractivity contribution >= 4 is 29.9 Å². The summed E-state index contributed by atoms with van der Waals surface area (Å²) < 4.78 is 18.4. The number of benzene rings is 1. The van der Waals surface area contributed by atoms with Gasteiger partial charge in [-0.1, -0.05) is 17.3 Å². The van der Waals surface area contributed by atoms with Crippen molar-refractivity contribution in [3.05, 3.63) is 52.2 Å². The molecule has 2 N–H and O–H groups in total. The summed E-state index contributed by atoms with van der Waals surface area (Å²) >= 11 is 0. The molecule has 2 rings (SSSR count). The minimum absolute atomic E-state index is 0. The van der Waals surface area contributed by atoms with Gasteiger partial charge in [0.05, 0.1) is 5.69 Å². The summed E-state index contributed by atoms with van der Waals surface area (Å²) in [6.45, 7) is 6.93. The van der Waals surface area contributed by atoms with Crippen molar-refractivity contribution in [3.63, 3.8) is 0 Å². The Hall–Kier alpha value is -1.64. The molecule has 0 amide bonds. The topological polar surface area (TPSA) is 62.5 Å². The van der Waals surface area contributed by atoms with Crippen LogP contribution < -0.4 is 10.6 Å².